The van der Waals surface area contributed by atoms with Crippen molar-refractivity contribution in [2.45, 2.75) is 0 Å². The predicted molar refractivity (Wildman–Crippen MR) is 132 cm³/mol. The van der Waals surface area contributed by atoms with Gasteiger partial charge in [-0.05, 0) is 45.8 Å². The second-order valence-corrected chi connectivity index (χ2v) is 8.16. The van der Waals surface area contributed by atoms with Crippen LogP contribution in [0.5, 0.6) is 0 Å². The van der Waals surface area contributed by atoms with Crippen LogP contribution < -0.4 is 0 Å². The molecule has 5 aromatic carbocycles. The third kappa shape index (κ3) is 2.53. The highest BCUT2D eigenvalue weighted by molar-refractivity contribution is 6.09. The molecular formula is C30H18O2. The first-order valence-electron chi connectivity index (χ1n) is 10.8. The van der Waals surface area contributed by atoms with Crippen LogP contribution in [0.3, 0.4) is 0 Å². The zero-order chi connectivity index (χ0) is 21.1. The Labute approximate surface area is 184 Å². The van der Waals surface area contributed by atoms with Crippen molar-refractivity contribution >= 4 is 43.5 Å². The van der Waals surface area contributed by atoms with Crippen molar-refractivity contribution < 1.29 is 8.83 Å². The molecule has 0 radical (unpaired) electrons. The van der Waals surface area contributed by atoms with Crippen LogP contribution in [-0.2, 0) is 0 Å². The fraction of sp³-hybridized carbons (Fsp3) is 0. The Morgan fingerprint density at radius 3 is 1.31 bits per heavy atom. The molecule has 0 N–H and O–H groups in total. The van der Waals surface area contributed by atoms with Gasteiger partial charge in [0.2, 0.25) is 0 Å². The Balaban J connectivity index is 1.45. The van der Waals surface area contributed by atoms with Gasteiger partial charge in [0.1, 0.15) is 22.7 Å². The van der Waals surface area contributed by atoms with Gasteiger partial charge in [-0.25, -0.2) is 0 Å². The van der Waals surface area contributed by atoms with Crippen LogP contribution in [0.15, 0.2) is 118 Å². The number of rotatable bonds is 2. The molecule has 2 heteroatoms. The van der Waals surface area contributed by atoms with Crippen LogP contribution in [0.1, 0.15) is 0 Å². The van der Waals surface area contributed by atoms with E-state index in [1.807, 2.05) is 12.1 Å². The first-order valence-corrected chi connectivity index (χ1v) is 10.8. The van der Waals surface area contributed by atoms with Gasteiger partial charge in [-0.2, -0.15) is 0 Å². The maximum atomic E-state index is 6.33. The summed E-state index contributed by atoms with van der Waals surface area (Å²) < 4.78 is 12.7. The summed E-state index contributed by atoms with van der Waals surface area (Å²) in [5, 5.41) is 7.09. The van der Waals surface area contributed by atoms with E-state index in [4.69, 9.17) is 8.83 Å². The van der Waals surface area contributed by atoms with E-state index in [0.29, 0.717) is 0 Å². The molecule has 7 aromatic rings. The normalized spacial score (nSPS) is 11.8. The molecule has 0 unspecified atom stereocenters. The zero-order valence-corrected chi connectivity index (χ0v) is 17.2. The quantitative estimate of drug-likeness (QED) is 0.284. The van der Waals surface area contributed by atoms with E-state index < -0.39 is 0 Å². The Morgan fingerprint density at radius 1 is 0.375 bits per heavy atom. The minimum atomic E-state index is 0.845. The summed E-state index contributed by atoms with van der Waals surface area (Å²) in [4.78, 5) is 0. The molecule has 2 aromatic heterocycles. The fourth-order valence-electron chi connectivity index (χ4n) is 4.76. The SMILES string of the molecule is c1ccc(-c2cc3c(ccc4ccccc43)o2)c(-c2cc3c(ccc4ccccc43)o2)c1. The lowest BCUT2D eigenvalue weighted by Gasteiger charge is -2.04. The first-order chi connectivity index (χ1) is 15.8. The van der Waals surface area contributed by atoms with Crippen molar-refractivity contribution in [2.24, 2.45) is 0 Å². The van der Waals surface area contributed by atoms with Gasteiger partial charge in [0.15, 0.2) is 0 Å². The summed E-state index contributed by atoms with van der Waals surface area (Å²) in [6.45, 7) is 0. The van der Waals surface area contributed by atoms with Crippen LogP contribution in [0, 0.1) is 0 Å². The lowest BCUT2D eigenvalue weighted by Crippen LogP contribution is -1.80. The summed E-state index contributed by atoms with van der Waals surface area (Å²) in [5.41, 5.74) is 3.83. The molecule has 0 aliphatic heterocycles. The molecule has 0 aliphatic carbocycles. The van der Waals surface area contributed by atoms with Crippen molar-refractivity contribution in [2.75, 3.05) is 0 Å². The summed E-state index contributed by atoms with van der Waals surface area (Å²) in [6.07, 6.45) is 0. The lowest BCUT2D eigenvalue weighted by atomic mass is 10.0. The smallest absolute Gasteiger partial charge is 0.136 e. The van der Waals surface area contributed by atoms with Crippen LogP contribution in [0.2, 0.25) is 0 Å². The molecule has 0 amide bonds. The summed E-state index contributed by atoms with van der Waals surface area (Å²) in [5.74, 6) is 1.69. The monoisotopic (exact) mass is 410 g/mol. The Bertz CT molecular complexity index is 1650. The van der Waals surface area contributed by atoms with Gasteiger partial charge in [-0.15, -0.1) is 0 Å². The molecule has 0 atom stereocenters. The van der Waals surface area contributed by atoms with E-state index in [-0.39, 0.29) is 0 Å². The number of hydrogen-bond donors (Lipinski definition) is 0. The highest BCUT2D eigenvalue weighted by Crippen LogP contribution is 2.40. The Hall–Kier alpha value is -4.30. The molecule has 150 valence electrons. The predicted octanol–water partition coefficient (Wildman–Crippen LogP) is 8.82. The highest BCUT2D eigenvalue weighted by atomic mass is 16.3. The fourth-order valence-corrected chi connectivity index (χ4v) is 4.76. The largest absolute Gasteiger partial charge is 0.456 e. The number of fused-ring (bicyclic) bond motifs is 6. The van der Waals surface area contributed by atoms with E-state index in [9.17, 15) is 0 Å². The van der Waals surface area contributed by atoms with Crippen molar-refractivity contribution in [3.8, 4) is 22.6 Å². The molecule has 0 aliphatic rings. The van der Waals surface area contributed by atoms with E-state index in [2.05, 4.69) is 97.1 Å². The molecule has 0 saturated carbocycles. The van der Waals surface area contributed by atoms with Crippen LogP contribution in [-0.4, -0.2) is 0 Å². The van der Waals surface area contributed by atoms with Gasteiger partial charge >= 0.3 is 0 Å². The van der Waals surface area contributed by atoms with Crippen LogP contribution >= 0.6 is 0 Å². The van der Waals surface area contributed by atoms with Crippen molar-refractivity contribution in [1.29, 1.82) is 0 Å². The number of furan rings is 2. The third-order valence-corrected chi connectivity index (χ3v) is 6.31. The van der Waals surface area contributed by atoms with Gasteiger partial charge in [0.25, 0.3) is 0 Å². The van der Waals surface area contributed by atoms with Gasteiger partial charge in [-0.1, -0.05) is 84.9 Å². The molecule has 7 rings (SSSR count). The van der Waals surface area contributed by atoms with Crippen LogP contribution in [0.4, 0.5) is 0 Å². The standard InChI is InChI=1S/C30H18O2/c1-3-9-21-19(7-1)13-15-27-25(21)17-29(31-27)23-11-5-6-12-24(23)30-18-26-22-10-4-2-8-20(22)14-16-28(26)32-30/h1-18H. The highest BCUT2D eigenvalue weighted by Gasteiger charge is 2.16. The average molecular weight is 410 g/mol. The minimum Gasteiger partial charge on any atom is -0.456 e. The molecule has 2 nitrogen and oxygen atoms in total. The van der Waals surface area contributed by atoms with E-state index >= 15 is 0 Å². The topological polar surface area (TPSA) is 26.3 Å². The van der Waals surface area contributed by atoms with E-state index in [1.54, 1.807) is 0 Å². The third-order valence-electron chi connectivity index (χ3n) is 6.31. The van der Waals surface area contributed by atoms with Gasteiger partial charge < -0.3 is 8.83 Å². The number of benzene rings is 5. The Morgan fingerprint density at radius 2 is 0.812 bits per heavy atom. The summed E-state index contributed by atoms with van der Waals surface area (Å²) in [6, 6.07) is 37.7. The molecular weight excluding hydrogens is 392 g/mol. The summed E-state index contributed by atoms with van der Waals surface area (Å²) in [7, 11) is 0. The van der Waals surface area contributed by atoms with E-state index in [1.165, 1.54) is 21.5 Å². The lowest BCUT2D eigenvalue weighted by molar-refractivity contribution is 0.624. The number of hydrogen-bond acceptors (Lipinski definition) is 2. The minimum absolute atomic E-state index is 0.845. The molecule has 32 heavy (non-hydrogen) atoms. The second kappa shape index (κ2) is 6.60. The van der Waals surface area contributed by atoms with Gasteiger partial charge in [0.05, 0.1) is 0 Å². The molecule has 2 heterocycles. The van der Waals surface area contributed by atoms with Crippen molar-refractivity contribution in [3.05, 3.63) is 109 Å². The summed E-state index contributed by atoms with van der Waals surface area (Å²) >= 11 is 0. The van der Waals surface area contributed by atoms with Gasteiger partial charge in [-0.3, -0.25) is 0 Å². The van der Waals surface area contributed by atoms with Crippen molar-refractivity contribution in [3.63, 3.8) is 0 Å². The second-order valence-electron chi connectivity index (χ2n) is 8.16. The average Bonchev–Trinajstić information content (AvgIpc) is 3.49. The molecule has 0 spiro atoms. The van der Waals surface area contributed by atoms with Gasteiger partial charge in [0, 0.05) is 21.9 Å². The molecule has 0 fully saturated rings. The van der Waals surface area contributed by atoms with E-state index in [0.717, 1.165) is 44.6 Å². The Kier molecular flexibility index (Phi) is 3.58. The zero-order valence-electron chi connectivity index (χ0n) is 17.2. The molecule has 0 saturated heterocycles. The van der Waals surface area contributed by atoms with Crippen molar-refractivity contribution in [1.82, 2.24) is 0 Å². The van der Waals surface area contributed by atoms with Crippen LogP contribution in [0.25, 0.3) is 66.1 Å². The first kappa shape index (κ1) is 17.4. The maximum absolute atomic E-state index is 6.33. The molecule has 0 bridgehead atoms. The maximum Gasteiger partial charge on any atom is 0.136 e.